The maximum Gasteiger partial charge on any atom is 0.310 e. The van der Waals surface area contributed by atoms with Gasteiger partial charge in [0.1, 0.15) is 23.1 Å². The van der Waals surface area contributed by atoms with Gasteiger partial charge in [-0.2, -0.15) is 0 Å². The predicted molar refractivity (Wildman–Crippen MR) is 91.5 cm³/mol. The zero-order chi connectivity index (χ0) is 22.4. The van der Waals surface area contributed by atoms with Crippen molar-refractivity contribution in [1.29, 1.82) is 0 Å². The highest BCUT2D eigenvalue weighted by atomic mass is 32.5. The first-order valence-electron chi connectivity index (χ1n) is 7.92. The number of carbonyl (C=O) groups is 1. The van der Waals surface area contributed by atoms with E-state index < -0.39 is 68.2 Å². The molecule has 1 aromatic heterocycles. The fourth-order valence-electron chi connectivity index (χ4n) is 2.55. The lowest BCUT2D eigenvalue weighted by Crippen LogP contribution is -2.12. The van der Waals surface area contributed by atoms with Gasteiger partial charge in [0.25, 0.3) is 0 Å². The average molecular weight is 456 g/mol. The van der Waals surface area contributed by atoms with E-state index in [-0.39, 0.29) is 12.1 Å². The van der Waals surface area contributed by atoms with Crippen LogP contribution in [-0.2, 0) is 6.54 Å². The van der Waals surface area contributed by atoms with Crippen molar-refractivity contribution in [3.8, 4) is 11.4 Å². The van der Waals surface area contributed by atoms with Crippen molar-refractivity contribution in [2.24, 2.45) is 0 Å². The van der Waals surface area contributed by atoms with E-state index in [1.807, 2.05) is 0 Å². The van der Waals surface area contributed by atoms with Crippen LogP contribution in [0.5, 0.6) is 0 Å². The van der Waals surface area contributed by atoms with Crippen LogP contribution < -0.4 is 0 Å². The van der Waals surface area contributed by atoms with Gasteiger partial charge in [-0.25, -0.2) is 13.5 Å². The second kappa shape index (κ2) is 6.50. The third-order valence-electron chi connectivity index (χ3n) is 3.98. The van der Waals surface area contributed by atoms with Crippen LogP contribution in [0, 0.1) is 11.6 Å². The molecule has 0 aliphatic rings. The number of benzene rings is 2. The van der Waals surface area contributed by atoms with E-state index in [9.17, 15) is 33.0 Å². The lowest BCUT2D eigenvalue weighted by Gasteiger charge is -2.40. The molecule has 0 spiro atoms. The SMILES string of the molecule is O=C(CO)c1cc(F)c(Cn2nnnc2-c2cccc(S(F)(F)(F)(F)F)c2)c(F)c1. The monoisotopic (exact) mass is 456 g/mol. The lowest BCUT2D eigenvalue weighted by molar-refractivity contribution is 0.0902. The molecule has 2 aromatic carbocycles. The Bertz CT molecular complexity index is 1130. The van der Waals surface area contributed by atoms with Crippen molar-refractivity contribution in [3.63, 3.8) is 0 Å². The van der Waals surface area contributed by atoms with Crippen LogP contribution in [-0.4, -0.2) is 37.7 Å². The van der Waals surface area contributed by atoms with Gasteiger partial charge in [-0.05, 0) is 34.7 Å². The number of aromatic nitrogens is 4. The summed E-state index contributed by atoms with van der Waals surface area (Å²) in [6.07, 6.45) is 0. The molecule has 0 aliphatic heterocycles. The van der Waals surface area contributed by atoms with E-state index in [4.69, 9.17) is 5.11 Å². The molecule has 0 saturated heterocycles. The number of ketones is 1. The van der Waals surface area contributed by atoms with Crippen molar-refractivity contribution < 1.29 is 38.1 Å². The predicted octanol–water partition coefficient (Wildman–Crippen LogP) is 4.50. The van der Waals surface area contributed by atoms with Gasteiger partial charge in [0, 0.05) is 16.7 Å². The third kappa shape index (κ3) is 4.43. The van der Waals surface area contributed by atoms with Gasteiger partial charge >= 0.3 is 10.2 Å². The Balaban J connectivity index is 2.02. The van der Waals surface area contributed by atoms with Crippen molar-refractivity contribution in [3.05, 3.63) is 59.2 Å². The summed E-state index contributed by atoms with van der Waals surface area (Å²) in [4.78, 5) is 9.20. The molecule has 30 heavy (non-hydrogen) atoms. The minimum Gasteiger partial charge on any atom is -0.388 e. The highest BCUT2D eigenvalue weighted by molar-refractivity contribution is 8.45. The zero-order valence-corrected chi connectivity index (χ0v) is 15.4. The molecule has 0 radical (unpaired) electrons. The molecule has 0 fully saturated rings. The van der Waals surface area contributed by atoms with Crippen LogP contribution in [0.15, 0.2) is 41.3 Å². The second-order valence-electron chi connectivity index (χ2n) is 6.16. The quantitative estimate of drug-likeness (QED) is 0.437. The number of aliphatic hydroxyl groups excluding tert-OH is 1. The number of hydrogen-bond donors (Lipinski definition) is 1. The number of Topliss-reactive ketones (excluding diaryl/α,β-unsaturated/α-hetero) is 1. The van der Waals surface area contributed by atoms with Crippen molar-refractivity contribution >= 4 is 16.0 Å². The summed E-state index contributed by atoms with van der Waals surface area (Å²) in [5, 5.41) is 18.8. The first-order chi connectivity index (χ1) is 13.7. The molecule has 1 heterocycles. The molecule has 0 bridgehead atoms. The van der Waals surface area contributed by atoms with E-state index in [2.05, 4.69) is 15.5 Å². The minimum absolute atomic E-state index is 0.138. The summed E-state index contributed by atoms with van der Waals surface area (Å²) >= 11 is 0. The Morgan fingerprint density at radius 1 is 1.03 bits per heavy atom. The van der Waals surface area contributed by atoms with Crippen LogP contribution in [0.2, 0.25) is 0 Å². The maximum absolute atomic E-state index is 14.3. The Labute approximate surface area is 163 Å². The highest BCUT2D eigenvalue weighted by Gasteiger charge is 2.65. The Morgan fingerprint density at radius 3 is 2.23 bits per heavy atom. The molecule has 3 rings (SSSR count). The van der Waals surface area contributed by atoms with Gasteiger partial charge in [-0.15, -0.1) is 5.10 Å². The maximum atomic E-state index is 14.3. The van der Waals surface area contributed by atoms with Crippen LogP contribution in [0.4, 0.5) is 28.2 Å². The summed E-state index contributed by atoms with van der Waals surface area (Å²) in [6.45, 7) is -1.69. The van der Waals surface area contributed by atoms with E-state index in [0.29, 0.717) is 16.8 Å². The smallest absolute Gasteiger partial charge is 0.310 e. The van der Waals surface area contributed by atoms with Crippen molar-refractivity contribution in [2.45, 2.75) is 11.4 Å². The number of nitrogens with zero attached hydrogens (tertiary/aromatic N) is 4. The van der Waals surface area contributed by atoms with Gasteiger partial charge in [-0.1, -0.05) is 31.6 Å². The van der Waals surface area contributed by atoms with Crippen molar-refractivity contribution in [2.75, 3.05) is 6.61 Å². The largest absolute Gasteiger partial charge is 0.388 e. The number of rotatable bonds is 6. The zero-order valence-electron chi connectivity index (χ0n) is 14.6. The number of halogens is 7. The molecular weight excluding hydrogens is 445 g/mol. The van der Waals surface area contributed by atoms with Crippen LogP contribution in [0.3, 0.4) is 0 Å². The Kier molecular flexibility index (Phi) is 4.70. The topological polar surface area (TPSA) is 80.9 Å². The van der Waals surface area contributed by atoms with E-state index in [1.165, 1.54) is 0 Å². The second-order valence-corrected chi connectivity index (χ2v) is 8.57. The molecule has 162 valence electrons. The number of aliphatic hydroxyl groups is 1. The van der Waals surface area contributed by atoms with Gasteiger partial charge in [0.15, 0.2) is 11.6 Å². The third-order valence-corrected chi connectivity index (χ3v) is 5.13. The Morgan fingerprint density at radius 2 is 1.67 bits per heavy atom. The highest BCUT2D eigenvalue weighted by Crippen LogP contribution is 3.02. The Hall–Kier alpha value is -3.00. The molecule has 0 amide bonds. The molecular formula is C16H11F7N4O2S. The fourth-order valence-corrected chi connectivity index (χ4v) is 3.23. The average Bonchev–Trinajstić information content (AvgIpc) is 3.10. The normalized spacial score (nSPS) is 14.3. The summed E-state index contributed by atoms with van der Waals surface area (Å²) < 4.78 is 94.5. The molecule has 3 aromatic rings. The van der Waals surface area contributed by atoms with E-state index >= 15 is 0 Å². The standard InChI is InChI=1S/C16H11F7N4O2S/c17-13-5-10(15(29)8-28)6-14(18)12(13)7-27-16(24-25-26-27)9-2-1-3-11(4-9)30(19,20,21,22)23/h1-6,28H,7-8H2. The first-order valence-corrected chi connectivity index (χ1v) is 9.87. The minimum atomic E-state index is -9.97. The van der Waals surface area contributed by atoms with Gasteiger partial charge in [-0.3, -0.25) is 4.79 Å². The lowest BCUT2D eigenvalue weighted by atomic mass is 10.1. The number of hydrogen-bond acceptors (Lipinski definition) is 5. The van der Waals surface area contributed by atoms with Gasteiger partial charge in [0.05, 0.1) is 6.54 Å². The van der Waals surface area contributed by atoms with Crippen LogP contribution in [0.25, 0.3) is 11.4 Å². The first kappa shape index (κ1) is 21.7. The molecule has 0 unspecified atom stereocenters. The summed E-state index contributed by atoms with van der Waals surface area (Å²) in [6, 6.07) is 3.39. The van der Waals surface area contributed by atoms with Gasteiger partial charge < -0.3 is 5.11 Å². The van der Waals surface area contributed by atoms with Gasteiger partial charge in [0.2, 0.25) is 0 Å². The van der Waals surface area contributed by atoms with Crippen molar-refractivity contribution in [1.82, 2.24) is 20.2 Å². The summed E-state index contributed by atoms with van der Waals surface area (Å²) in [5.41, 5.74) is -1.53. The number of tetrazole rings is 1. The molecule has 0 aliphatic carbocycles. The van der Waals surface area contributed by atoms with Crippen LogP contribution in [0.1, 0.15) is 15.9 Å². The number of carbonyl (C=O) groups excluding carboxylic acids is 1. The van der Waals surface area contributed by atoms with E-state index in [1.54, 1.807) is 0 Å². The molecule has 0 atom stereocenters. The summed E-state index contributed by atoms with van der Waals surface area (Å²) in [7, 11) is -9.97. The summed E-state index contributed by atoms with van der Waals surface area (Å²) in [5.74, 6) is -3.79. The fraction of sp³-hybridized carbons (Fsp3) is 0.125. The molecule has 14 heteroatoms. The van der Waals surface area contributed by atoms with Crippen LogP contribution >= 0.6 is 10.2 Å². The molecule has 1 N–H and O–H groups in total. The van der Waals surface area contributed by atoms with E-state index in [0.717, 1.165) is 12.1 Å². The molecule has 6 nitrogen and oxygen atoms in total. The molecule has 0 saturated carbocycles.